The molecule has 0 radical (unpaired) electrons. The van der Waals surface area contributed by atoms with Crippen molar-refractivity contribution in [2.45, 2.75) is 13.8 Å². The molecular weight excluding hydrogens is 250 g/mol. The van der Waals surface area contributed by atoms with E-state index in [0.29, 0.717) is 10.7 Å². The van der Waals surface area contributed by atoms with Crippen molar-refractivity contribution in [3.8, 4) is 0 Å². The topological polar surface area (TPSA) is 79.8 Å². The van der Waals surface area contributed by atoms with Crippen molar-refractivity contribution < 1.29 is 4.79 Å². The van der Waals surface area contributed by atoms with Crippen LogP contribution in [0.1, 0.15) is 22.3 Å². The van der Waals surface area contributed by atoms with E-state index in [1.807, 2.05) is 13.8 Å². The molecule has 0 aliphatic carbocycles. The summed E-state index contributed by atoms with van der Waals surface area (Å²) >= 11 is 1.34. The second kappa shape index (κ2) is 5.54. The summed E-state index contributed by atoms with van der Waals surface area (Å²) in [5.74, 6) is 0.516. The number of amides is 1. The van der Waals surface area contributed by atoms with Crippen molar-refractivity contribution in [2.75, 3.05) is 17.2 Å². The summed E-state index contributed by atoms with van der Waals surface area (Å²) in [5.41, 5.74) is 0.490. The number of aromatic nitrogens is 3. The van der Waals surface area contributed by atoms with E-state index < -0.39 is 0 Å². The van der Waals surface area contributed by atoms with E-state index in [-0.39, 0.29) is 5.91 Å². The van der Waals surface area contributed by atoms with Crippen LogP contribution in [0.4, 0.5) is 10.9 Å². The van der Waals surface area contributed by atoms with Gasteiger partial charge in [0.25, 0.3) is 5.91 Å². The lowest BCUT2D eigenvalue weighted by Gasteiger charge is -2.03. The van der Waals surface area contributed by atoms with Gasteiger partial charge in [-0.05, 0) is 26.0 Å². The predicted octanol–water partition coefficient (Wildman–Crippen LogP) is 1.93. The van der Waals surface area contributed by atoms with E-state index in [9.17, 15) is 4.79 Å². The first-order valence-corrected chi connectivity index (χ1v) is 6.32. The third-order valence-corrected chi connectivity index (χ3v) is 2.88. The molecule has 0 saturated carbocycles. The molecule has 2 N–H and O–H groups in total. The second-order valence-electron chi connectivity index (χ2n) is 3.54. The molecule has 7 heteroatoms. The standard InChI is InChI=1S/C11H13N5OS/c1-3-12-9-5-4-8(6-13-9)10(17)14-11-16-15-7(2)18-11/h4-6H,3H2,1-2H3,(H,12,13)(H,14,16,17). The van der Waals surface area contributed by atoms with E-state index in [1.165, 1.54) is 17.5 Å². The molecule has 2 aromatic heterocycles. The van der Waals surface area contributed by atoms with E-state index in [0.717, 1.165) is 17.4 Å². The van der Waals surface area contributed by atoms with Gasteiger partial charge >= 0.3 is 0 Å². The highest BCUT2D eigenvalue weighted by atomic mass is 32.1. The summed E-state index contributed by atoms with van der Waals surface area (Å²) in [4.78, 5) is 16.0. The van der Waals surface area contributed by atoms with Gasteiger partial charge in [0, 0.05) is 12.7 Å². The van der Waals surface area contributed by atoms with Crippen LogP contribution < -0.4 is 10.6 Å². The third-order valence-electron chi connectivity index (χ3n) is 2.13. The Morgan fingerprint density at radius 2 is 2.22 bits per heavy atom. The van der Waals surface area contributed by atoms with Crippen molar-refractivity contribution in [3.63, 3.8) is 0 Å². The number of hydrogen-bond acceptors (Lipinski definition) is 6. The quantitative estimate of drug-likeness (QED) is 0.881. The fourth-order valence-corrected chi connectivity index (χ4v) is 1.92. The monoisotopic (exact) mass is 263 g/mol. The molecule has 0 saturated heterocycles. The summed E-state index contributed by atoms with van der Waals surface area (Å²) < 4.78 is 0. The Balaban J connectivity index is 2.04. The van der Waals surface area contributed by atoms with Gasteiger partial charge in [0.1, 0.15) is 10.8 Å². The van der Waals surface area contributed by atoms with Crippen molar-refractivity contribution in [1.29, 1.82) is 0 Å². The molecule has 2 heterocycles. The number of hydrogen-bond donors (Lipinski definition) is 2. The zero-order valence-electron chi connectivity index (χ0n) is 10.1. The first-order chi connectivity index (χ1) is 8.69. The number of aryl methyl sites for hydroxylation is 1. The molecule has 0 aromatic carbocycles. The minimum Gasteiger partial charge on any atom is -0.370 e. The zero-order valence-corrected chi connectivity index (χ0v) is 10.9. The van der Waals surface area contributed by atoms with Crippen LogP contribution in [0.15, 0.2) is 18.3 Å². The van der Waals surface area contributed by atoms with Crippen molar-refractivity contribution in [2.24, 2.45) is 0 Å². The van der Waals surface area contributed by atoms with Crippen LogP contribution >= 0.6 is 11.3 Å². The molecule has 1 amide bonds. The Morgan fingerprint density at radius 3 is 2.78 bits per heavy atom. The Morgan fingerprint density at radius 1 is 1.39 bits per heavy atom. The normalized spacial score (nSPS) is 10.1. The average molecular weight is 263 g/mol. The minimum absolute atomic E-state index is 0.235. The van der Waals surface area contributed by atoms with Crippen molar-refractivity contribution >= 4 is 28.2 Å². The number of carbonyl (C=O) groups is 1. The van der Waals surface area contributed by atoms with Crippen molar-refractivity contribution in [1.82, 2.24) is 15.2 Å². The van der Waals surface area contributed by atoms with Gasteiger partial charge in [-0.3, -0.25) is 10.1 Å². The third kappa shape index (κ3) is 3.01. The summed E-state index contributed by atoms with van der Waals surface area (Å²) in [7, 11) is 0. The molecule has 94 valence electrons. The van der Waals surface area contributed by atoms with Gasteiger partial charge in [0.05, 0.1) is 5.56 Å². The Labute approximate surface area is 108 Å². The van der Waals surface area contributed by atoms with Gasteiger partial charge in [0.15, 0.2) is 0 Å². The molecule has 0 spiro atoms. The van der Waals surface area contributed by atoms with Gasteiger partial charge < -0.3 is 5.32 Å². The molecule has 2 rings (SSSR count). The van der Waals surface area contributed by atoms with Gasteiger partial charge in [-0.1, -0.05) is 11.3 Å². The van der Waals surface area contributed by atoms with Crippen LogP contribution in [0.2, 0.25) is 0 Å². The molecule has 0 unspecified atom stereocenters. The molecule has 0 bridgehead atoms. The number of rotatable bonds is 4. The Kier molecular flexibility index (Phi) is 3.83. The van der Waals surface area contributed by atoms with Gasteiger partial charge in [-0.25, -0.2) is 4.98 Å². The maximum absolute atomic E-state index is 11.9. The van der Waals surface area contributed by atoms with Crippen LogP contribution in [-0.4, -0.2) is 27.6 Å². The summed E-state index contributed by atoms with van der Waals surface area (Å²) in [6.45, 7) is 4.61. The summed E-state index contributed by atoms with van der Waals surface area (Å²) in [6.07, 6.45) is 1.53. The SMILES string of the molecule is CCNc1ccc(C(=O)Nc2nnc(C)s2)cn1. The fourth-order valence-electron chi connectivity index (χ4n) is 1.33. The maximum Gasteiger partial charge on any atom is 0.259 e. The van der Waals surface area contributed by atoms with Gasteiger partial charge in [0.2, 0.25) is 5.13 Å². The average Bonchev–Trinajstić information content (AvgIpc) is 2.76. The fraction of sp³-hybridized carbons (Fsp3) is 0.273. The molecule has 6 nitrogen and oxygen atoms in total. The van der Waals surface area contributed by atoms with Crippen molar-refractivity contribution in [3.05, 3.63) is 28.9 Å². The van der Waals surface area contributed by atoms with Crippen LogP contribution in [-0.2, 0) is 0 Å². The van der Waals surface area contributed by atoms with Crippen LogP contribution in [0.5, 0.6) is 0 Å². The van der Waals surface area contributed by atoms with E-state index in [4.69, 9.17) is 0 Å². The van der Waals surface area contributed by atoms with Crippen LogP contribution in [0, 0.1) is 6.92 Å². The number of nitrogens with zero attached hydrogens (tertiary/aromatic N) is 3. The number of pyridine rings is 1. The minimum atomic E-state index is -0.235. The molecule has 18 heavy (non-hydrogen) atoms. The van der Waals surface area contributed by atoms with E-state index in [2.05, 4.69) is 25.8 Å². The summed E-state index contributed by atoms with van der Waals surface area (Å²) in [5, 5.41) is 14.7. The number of nitrogens with one attached hydrogen (secondary N) is 2. The Bertz CT molecular complexity index is 537. The molecule has 0 aliphatic heterocycles. The molecule has 0 fully saturated rings. The van der Waals surface area contributed by atoms with Gasteiger partial charge in [-0.2, -0.15) is 0 Å². The highest BCUT2D eigenvalue weighted by molar-refractivity contribution is 7.15. The van der Waals surface area contributed by atoms with Crippen LogP contribution in [0.25, 0.3) is 0 Å². The zero-order chi connectivity index (χ0) is 13.0. The van der Waals surface area contributed by atoms with E-state index in [1.54, 1.807) is 12.1 Å². The van der Waals surface area contributed by atoms with Gasteiger partial charge in [-0.15, -0.1) is 10.2 Å². The smallest absolute Gasteiger partial charge is 0.259 e. The maximum atomic E-state index is 11.9. The largest absolute Gasteiger partial charge is 0.370 e. The molecule has 0 atom stereocenters. The number of anilines is 2. The molecule has 0 aliphatic rings. The Hall–Kier alpha value is -2.02. The highest BCUT2D eigenvalue weighted by Crippen LogP contribution is 2.15. The predicted molar refractivity (Wildman–Crippen MR) is 71.0 cm³/mol. The lowest BCUT2D eigenvalue weighted by atomic mass is 10.2. The number of carbonyl (C=O) groups excluding carboxylic acids is 1. The van der Waals surface area contributed by atoms with Crippen LogP contribution in [0.3, 0.4) is 0 Å². The lowest BCUT2D eigenvalue weighted by molar-refractivity contribution is 0.102. The lowest BCUT2D eigenvalue weighted by Crippen LogP contribution is -2.12. The van der Waals surface area contributed by atoms with E-state index >= 15 is 0 Å². The molecular formula is C11H13N5OS. The highest BCUT2D eigenvalue weighted by Gasteiger charge is 2.09. The second-order valence-corrected chi connectivity index (χ2v) is 4.72. The summed E-state index contributed by atoms with van der Waals surface area (Å²) in [6, 6.07) is 3.48. The first kappa shape index (κ1) is 12.4. The molecule has 2 aromatic rings. The first-order valence-electron chi connectivity index (χ1n) is 5.50.